The molecule has 252 valence electrons. The first-order valence-corrected chi connectivity index (χ1v) is 19.9. The molecule has 0 N–H and O–H groups in total. The van der Waals surface area contributed by atoms with Crippen LogP contribution in [-0.2, 0) is 15.3 Å². The van der Waals surface area contributed by atoms with Crippen molar-refractivity contribution >= 4 is 26.9 Å². The summed E-state index contributed by atoms with van der Waals surface area (Å²) in [5, 5.41) is 0. The summed E-state index contributed by atoms with van der Waals surface area (Å²) in [7, 11) is -3.70. The molecule has 4 bridgehead atoms. The van der Waals surface area contributed by atoms with Crippen molar-refractivity contribution in [2.24, 2.45) is 23.2 Å². The minimum absolute atomic E-state index is 0.328. The molecule has 51 heavy (non-hydrogen) atoms. The SMILES string of the molecule is CC12C[C@H]3C[C@H](C1)C1(c4ccccc4S(=O)(=O)c4ccc(N(c5ccc(-c6ccccc6)cc5)c5ccccc5-c5ccccc5)cc41)[C@@H](C3)C2. The molecule has 5 aliphatic rings. The van der Waals surface area contributed by atoms with Crippen molar-refractivity contribution in [3.05, 3.63) is 163 Å². The highest BCUT2D eigenvalue weighted by Gasteiger charge is 2.64. The summed E-state index contributed by atoms with van der Waals surface area (Å²) in [6.45, 7) is 2.50. The molecule has 4 fully saturated rings. The summed E-state index contributed by atoms with van der Waals surface area (Å²) in [4.78, 5) is 3.36. The van der Waals surface area contributed by atoms with Crippen LogP contribution in [0.3, 0.4) is 0 Å². The van der Waals surface area contributed by atoms with E-state index >= 15 is 0 Å². The molecule has 1 heterocycles. The quantitative estimate of drug-likeness (QED) is 0.181. The van der Waals surface area contributed by atoms with Gasteiger partial charge in [-0.1, -0.05) is 116 Å². The Kier molecular flexibility index (Phi) is 6.83. The van der Waals surface area contributed by atoms with Crippen LogP contribution in [0.15, 0.2) is 161 Å². The van der Waals surface area contributed by atoms with E-state index in [9.17, 15) is 8.42 Å². The molecular weight excluding hydrogens is 643 g/mol. The van der Waals surface area contributed by atoms with Crippen LogP contribution in [-0.4, -0.2) is 8.42 Å². The average molecular weight is 684 g/mol. The Balaban J connectivity index is 1.21. The van der Waals surface area contributed by atoms with E-state index in [2.05, 4.69) is 133 Å². The highest BCUT2D eigenvalue weighted by Crippen LogP contribution is 2.71. The molecule has 0 radical (unpaired) electrons. The maximum Gasteiger partial charge on any atom is 0.207 e. The van der Waals surface area contributed by atoms with E-state index in [1.165, 1.54) is 24.8 Å². The van der Waals surface area contributed by atoms with Gasteiger partial charge in [-0.3, -0.25) is 0 Å². The Bertz CT molecular complexity index is 2390. The van der Waals surface area contributed by atoms with E-state index in [0.29, 0.717) is 27.0 Å². The lowest BCUT2D eigenvalue weighted by Gasteiger charge is -2.66. The number of hydrogen-bond donors (Lipinski definition) is 0. The van der Waals surface area contributed by atoms with E-state index in [0.717, 1.165) is 63.6 Å². The second-order valence-electron chi connectivity index (χ2n) is 15.8. The van der Waals surface area contributed by atoms with Crippen LogP contribution in [0, 0.1) is 23.2 Å². The van der Waals surface area contributed by atoms with Crippen molar-refractivity contribution in [3.63, 3.8) is 0 Å². The molecule has 1 spiro atoms. The lowest BCUT2D eigenvalue weighted by Crippen LogP contribution is -2.60. The smallest absolute Gasteiger partial charge is 0.207 e. The molecule has 11 rings (SSSR count). The lowest BCUT2D eigenvalue weighted by molar-refractivity contribution is -0.0925. The highest BCUT2D eigenvalue weighted by molar-refractivity contribution is 7.91. The van der Waals surface area contributed by atoms with Gasteiger partial charge in [0, 0.05) is 22.4 Å². The molecule has 4 aliphatic carbocycles. The van der Waals surface area contributed by atoms with Gasteiger partial charge in [0.05, 0.1) is 15.5 Å². The molecule has 0 aromatic heterocycles. The van der Waals surface area contributed by atoms with Crippen molar-refractivity contribution in [3.8, 4) is 22.3 Å². The molecule has 4 saturated carbocycles. The van der Waals surface area contributed by atoms with Crippen LogP contribution < -0.4 is 4.90 Å². The Labute approximate surface area is 301 Å². The first-order valence-electron chi connectivity index (χ1n) is 18.4. The average Bonchev–Trinajstić information content (AvgIpc) is 3.15. The number of hydrogen-bond acceptors (Lipinski definition) is 3. The number of anilines is 3. The van der Waals surface area contributed by atoms with Gasteiger partial charge in [-0.25, -0.2) is 8.42 Å². The summed E-state index contributed by atoms with van der Waals surface area (Å²) < 4.78 is 29.2. The Morgan fingerprint density at radius 3 is 1.82 bits per heavy atom. The largest absolute Gasteiger partial charge is 0.310 e. The van der Waals surface area contributed by atoms with Gasteiger partial charge in [0.1, 0.15) is 0 Å². The molecule has 6 aromatic rings. The maximum absolute atomic E-state index is 14.6. The zero-order valence-electron chi connectivity index (χ0n) is 28.9. The monoisotopic (exact) mass is 683 g/mol. The predicted octanol–water partition coefficient (Wildman–Crippen LogP) is 11.8. The number of rotatable bonds is 5. The zero-order valence-corrected chi connectivity index (χ0v) is 29.7. The first-order chi connectivity index (χ1) is 24.8. The number of nitrogens with zero attached hydrogens (tertiary/aromatic N) is 1. The molecule has 6 aromatic carbocycles. The highest BCUT2D eigenvalue weighted by atomic mass is 32.2. The van der Waals surface area contributed by atoms with Gasteiger partial charge in [-0.15, -0.1) is 0 Å². The standard InChI is InChI=1S/C47H41NO2S/c1-46-29-32-26-36(30-46)47(37(27-32)31-46)41-17-9-11-19-44(41)51(49,50)45-25-24-39(28-42(45)47)48(38-22-20-34(21-23-38)33-12-4-2-5-13-33)43-18-10-8-16-40(43)35-14-6-3-7-15-35/h2-25,28,32,36-37H,26-27,29-31H2,1H3/t32-,36+,37-,46?,47?. The molecule has 5 atom stereocenters. The Morgan fingerprint density at radius 2 is 1.12 bits per heavy atom. The van der Waals surface area contributed by atoms with Crippen LogP contribution in [0.2, 0.25) is 0 Å². The van der Waals surface area contributed by atoms with Crippen molar-refractivity contribution in [1.29, 1.82) is 0 Å². The molecule has 0 saturated heterocycles. The molecule has 0 amide bonds. The molecule has 1 aliphatic heterocycles. The maximum atomic E-state index is 14.6. The second kappa shape index (κ2) is 11.3. The van der Waals surface area contributed by atoms with Crippen molar-refractivity contribution in [2.75, 3.05) is 4.90 Å². The van der Waals surface area contributed by atoms with E-state index < -0.39 is 9.84 Å². The zero-order chi connectivity index (χ0) is 34.4. The fourth-order valence-corrected chi connectivity index (χ4v) is 13.0. The van der Waals surface area contributed by atoms with Crippen LogP contribution >= 0.6 is 0 Å². The number of sulfone groups is 1. The van der Waals surface area contributed by atoms with Gasteiger partial charge in [0.25, 0.3) is 0 Å². The predicted molar refractivity (Wildman–Crippen MR) is 206 cm³/mol. The third-order valence-electron chi connectivity index (χ3n) is 12.8. The van der Waals surface area contributed by atoms with E-state index in [1.807, 2.05) is 30.3 Å². The number of fused-ring (bicyclic) bond motifs is 2. The summed E-state index contributed by atoms with van der Waals surface area (Å²) in [6.07, 6.45) is 5.96. The van der Waals surface area contributed by atoms with Gasteiger partial charge >= 0.3 is 0 Å². The summed E-state index contributed by atoms with van der Waals surface area (Å²) in [5.41, 5.74) is 9.73. The van der Waals surface area contributed by atoms with Crippen LogP contribution in [0.5, 0.6) is 0 Å². The Morgan fingerprint density at radius 1 is 0.549 bits per heavy atom. The molecule has 3 nitrogen and oxygen atoms in total. The summed E-state index contributed by atoms with van der Waals surface area (Å²) in [6, 6.07) is 52.7. The fourth-order valence-electron chi connectivity index (χ4n) is 11.2. The molecule has 2 unspecified atom stereocenters. The van der Waals surface area contributed by atoms with E-state index in [1.54, 1.807) is 0 Å². The third kappa shape index (κ3) is 4.58. The van der Waals surface area contributed by atoms with Crippen molar-refractivity contribution in [2.45, 2.75) is 54.2 Å². The van der Waals surface area contributed by atoms with Gasteiger partial charge in [0.2, 0.25) is 9.84 Å². The fraction of sp³-hybridized carbons (Fsp3) is 0.234. The van der Waals surface area contributed by atoms with Gasteiger partial charge in [0.15, 0.2) is 0 Å². The normalized spacial score (nSPS) is 26.4. The van der Waals surface area contributed by atoms with Crippen LogP contribution in [0.25, 0.3) is 22.3 Å². The van der Waals surface area contributed by atoms with Crippen LogP contribution in [0.4, 0.5) is 17.1 Å². The number of benzene rings is 6. The van der Waals surface area contributed by atoms with Crippen LogP contribution in [0.1, 0.15) is 50.2 Å². The Hall–Kier alpha value is -4.93. The minimum Gasteiger partial charge on any atom is -0.310 e. The number of para-hydroxylation sites is 1. The lowest BCUT2D eigenvalue weighted by atomic mass is 9.39. The van der Waals surface area contributed by atoms with E-state index in [4.69, 9.17) is 0 Å². The van der Waals surface area contributed by atoms with Gasteiger partial charge in [-0.05, 0) is 126 Å². The first kappa shape index (κ1) is 30.9. The second-order valence-corrected chi connectivity index (χ2v) is 17.7. The summed E-state index contributed by atoms with van der Waals surface area (Å²) in [5.74, 6) is 1.55. The van der Waals surface area contributed by atoms with Crippen molar-refractivity contribution in [1.82, 2.24) is 0 Å². The molecular formula is C47H41NO2S. The topological polar surface area (TPSA) is 37.4 Å². The van der Waals surface area contributed by atoms with Gasteiger partial charge in [-0.2, -0.15) is 0 Å². The minimum atomic E-state index is -3.70. The third-order valence-corrected chi connectivity index (χ3v) is 14.7. The van der Waals surface area contributed by atoms with Gasteiger partial charge < -0.3 is 4.90 Å². The molecule has 4 heteroatoms. The van der Waals surface area contributed by atoms with E-state index in [-0.39, 0.29) is 5.41 Å². The van der Waals surface area contributed by atoms with Crippen molar-refractivity contribution < 1.29 is 8.42 Å². The summed E-state index contributed by atoms with van der Waals surface area (Å²) >= 11 is 0.